The molecule has 5 heteroatoms. The molecule has 4 nitrogen and oxygen atoms in total. The van der Waals surface area contributed by atoms with Crippen LogP contribution in [0.3, 0.4) is 0 Å². The van der Waals surface area contributed by atoms with Crippen LogP contribution in [0, 0.1) is 0 Å². The molecule has 3 rings (SSSR count). The monoisotopic (exact) mass is 290 g/mol. The number of aromatic carboxylic acids is 1. The van der Waals surface area contributed by atoms with Crippen molar-refractivity contribution in [2.75, 3.05) is 12.0 Å². The molecule has 0 bridgehead atoms. The normalized spacial score (nSPS) is 16.5. The highest BCUT2D eigenvalue weighted by Gasteiger charge is 2.31. The second-order valence-corrected chi connectivity index (χ2v) is 6.34. The molecule has 1 aromatic heterocycles. The van der Waals surface area contributed by atoms with Gasteiger partial charge in [-0.3, -0.25) is 0 Å². The molecule has 1 aliphatic rings. The zero-order valence-corrected chi connectivity index (χ0v) is 12.5. The molecule has 1 unspecified atom stereocenters. The molecule has 0 saturated heterocycles. The van der Waals surface area contributed by atoms with Gasteiger partial charge < -0.3 is 9.67 Å². The summed E-state index contributed by atoms with van der Waals surface area (Å²) in [5.74, 6) is 1.80. The van der Waals surface area contributed by atoms with Gasteiger partial charge in [-0.2, -0.15) is 11.8 Å². The van der Waals surface area contributed by atoms with E-state index in [0.29, 0.717) is 17.5 Å². The van der Waals surface area contributed by atoms with Crippen molar-refractivity contribution in [3.05, 3.63) is 29.6 Å². The predicted octanol–water partition coefficient (Wildman–Crippen LogP) is 3.54. The molecule has 1 aliphatic carbocycles. The fraction of sp³-hybridized carbons (Fsp3) is 0.467. The van der Waals surface area contributed by atoms with Crippen LogP contribution in [0.5, 0.6) is 0 Å². The van der Waals surface area contributed by atoms with Gasteiger partial charge in [-0.15, -0.1) is 0 Å². The largest absolute Gasteiger partial charge is 0.478 e. The number of carbonyl (C=O) groups is 1. The average molecular weight is 290 g/mol. The van der Waals surface area contributed by atoms with Crippen LogP contribution in [0.2, 0.25) is 0 Å². The first-order valence-corrected chi connectivity index (χ1v) is 8.25. The minimum Gasteiger partial charge on any atom is -0.478 e. The second kappa shape index (κ2) is 5.13. The van der Waals surface area contributed by atoms with Crippen molar-refractivity contribution in [3.8, 4) is 0 Å². The van der Waals surface area contributed by atoms with Crippen molar-refractivity contribution in [1.29, 1.82) is 0 Å². The number of thioether (sulfide) groups is 1. The molecule has 106 valence electrons. The molecule has 0 spiro atoms. The smallest absolute Gasteiger partial charge is 0.335 e. The fourth-order valence-corrected chi connectivity index (χ4v) is 3.28. The van der Waals surface area contributed by atoms with Crippen molar-refractivity contribution in [1.82, 2.24) is 9.55 Å². The molecule has 1 fully saturated rings. The molecule has 1 atom stereocenters. The number of benzene rings is 1. The Morgan fingerprint density at radius 3 is 2.90 bits per heavy atom. The van der Waals surface area contributed by atoms with Gasteiger partial charge >= 0.3 is 5.97 Å². The van der Waals surface area contributed by atoms with Gasteiger partial charge in [0.25, 0.3) is 0 Å². The fourth-order valence-electron chi connectivity index (χ4n) is 2.65. The topological polar surface area (TPSA) is 55.1 Å². The molecule has 1 aromatic carbocycles. The van der Waals surface area contributed by atoms with E-state index >= 15 is 0 Å². The first kappa shape index (κ1) is 13.5. The zero-order chi connectivity index (χ0) is 14.3. The van der Waals surface area contributed by atoms with E-state index in [1.165, 1.54) is 12.8 Å². The van der Waals surface area contributed by atoms with Crippen LogP contribution in [-0.2, 0) is 0 Å². The second-order valence-electron chi connectivity index (χ2n) is 5.43. The van der Waals surface area contributed by atoms with Gasteiger partial charge in [0, 0.05) is 17.7 Å². The van der Waals surface area contributed by atoms with Crippen LogP contribution < -0.4 is 0 Å². The maximum Gasteiger partial charge on any atom is 0.335 e. The van der Waals surface area contributed by atoms with Gasteiger partial charge in [0.05, 0.1) is 16.6 Å². The Kier molecular flexibility index (Phi) is 3.46. The first-order chi connectivity index (χ1) is 9.61. The Balaban J connectivity index is 2.17. The van der Waals surface area contributed by atoms with Crippen LogP contribution in [-0.4, -0.2) is 32.6 Å². The quantitative estimate of drug-likeness (QED) is 0.915. The van der Waals surface area contributed by atoms with E-state index in [1.807, 2.05) is 6.07 Å². The average Bonchev–Trinajstić information content (AvgIpc) is 3.18. The number of rotatable bonds is 5. The number of imidazole rings is 1. The van der Waals surface area contributed by atoms with E-state index in [2.05, 4.69) is 17.7 Å². The summed E-state index contributed by atoms with van der Waals surface area (Å²) in [6, 6.07) is 5.55. The molecule has 1 N–H and O–H groups in total. The summed E-state index contributed by atoms with van der Waals surface area (Å²) < 4.78 is 2.25. The van der Waals surface area contributed by atoms with Gasteiger partial charge in [0.15, 0.2) is 0 Å². The molecule has 1 saturated carbocycles. The number of hydrogen-bond acceptors (Lipinski definition) is 3. The number of carboxylic acids is 1. The van der Waals surface area contributed by atoms with Gasteiger partial charge in [0.2, 0.25) is 0 Å². The van der Waals surface area contributed by atoms with E-state index in [4.69, 9.17) is 4.98 Å². The lowest BCUT2D eigenvalue weighted by Crippen LogP contribution is -2.11. The molecule has 1 heterocycles. The highest BCUT2D eigenvalue weighted by Crippen LogP contribution is 2.42. The first-order valence-electron chi connectivity index (χ1n) is 6.86. The Labute approximate surface area is 122 Å². The Morgan fingerprint density at radius 2 is 2.30 bits per heavy atom. The van der Waals surface area contributed by atoms with E-state index < -0.39 is 5.97 Å². The minimum atomic E-state index is -0.884. The highest BCUT2D eigenvalue weighted by molar-refractivity contribution is 7.98. The summed E-state index contributed by atoms with van der Waals surface area (Å²) in [5, 5.41) is 9.17. The summed E-state index contributed by atoms with van der Waals surface area (Å²) in [4.78, 5) is 15.9. The number of nitrogens with zero attached hydrogens (tertiary/aromatic N) is 2. The number of carboxylic acid groups (broad SMARTS) is 1. The number of hydrogen-bond donors (Lipinski definition) is 1. The molecule has 0 radical (unpaired) electrons. The number of aromatic nitrogens is 2. The molecular weight excluding hydrogens is 272 g/mol. The minimum absolute atomic E-state index is 0.328. The van der Waals surface area contributed by atoms with Crippen LogP contribution in [0.4, 0.5) is 0 Å². The Morgan fingerprint density at radius 1 is 1.55 bits per heavy atom. The van der Waals surface area contributed by atoms with Crippen molar-refractivity contribution >= 4 is 28.8 Å². The number of fused-ring (bicyclic) bond motifs is 1. The summed E-state index contributed by atoms with van der Waals surface area (Å²) in [7, 11) is 0. The molecule has 20 heavy (non-hydrogen) atoms. The van der Waals surface area contributed by atoms with Gasteiger partial charge in [0.1, 0.15) is 5.82 Å². The van der Waals surface area contributed by atoms with Gasteiger partial charge in [-0.1, -0.05) is 0 Å². The molecule has 0 amide bonds. The summed E-state index contributed by atoms with van der Waals surface area (Å²) in [5.41, 5.74) is 2.19. The zero-order valence-electron chi connectivity index (χ0n) is 11.7. The third-order valence-corrected chi connectivity index (χ3v) is 4.57. The summed E-state index contributed by atoms with van der Waals surface area (Å²) in [6.45, 7) is 2.18. The van der Waals surface area contributed by atoms with Crippen molar-refractivity contribution < 1.29 is 9.90 Å². The third-order valence-electron chi connectivity index (χ3n) is 3.75. The highest BCUT2D eigenvalue weighted by atomic mass is 32.2. The van der Waals surface area contributed by atoms with Crippen LogP contribution in [0.15, 0.2) is 18.2 Å². The lowest BCUT2D eigenvalue weighted by atomic mass is 10.2. The lowest BCUT2D eigenvalue weighted by Gasteiger charge is -2.16. The van der Waals surface area contributed by atoms with E-state index in [-0.39, 0.29) is 0 Å². The predicted molar refractivity (Wildman–Crippen MR) is 81.8 cm³/mol. The molecule has 0 aliphatic heterocycles. The molecule has 2 aromatic rings. The van der Waals surface area contributed by atoms with E-state index in [1.54, 1.807) is 23.9 Å². The van der Waals surface area contributed by atoms with E-state index in [0.717, 1.165) is 22.6 Å². The standard InChI is InChI=1S/C15H18N2O2S/c1-9(8-20-2)17-13-7-11(15(18)19)5-6-12(13)16-14(17)10-3-4-10/h5-7,9-10H,3-4,8H2,1-2H3,(H,18,19). The SMILES string of the molecule is CSCC(C)n1c(C2CC2)nc2ccc(C(=O)O)cc21. The van der Waals surface area contributed by atoms with Gasteiger partial charge in [-0.25, -0.2) is 9.78 Å². The summed E-state index contributed by atoms with van der Waals surface area (Å²) in [6.07, 6.45) is 4.48. The maximum absolute atomic E-state index is 11.2. The van der Waals surface area contributed by atoms with Crippen LogP contribution in [0.25, 0.3) is 11.0 Å². The maximum atomic E-state index is 11.2. The Bertz CT molecular complexity index is 661. The van der Waals surface area contributed by atoms with E-state index in [9.17, 15) is 9.90 Å². The lowest BCUT2D eigenvalue weighted by molar-refractivity contribution is 0.0697. The van der Waals surface area contributed by atoms with Crippen LogP contribution >= 0.6 is 11.8 Å². The Hall–Kier alpha value is -1.49. The molecular formula is C15H18N2O2S. The third kappa shape index (κ3) is 2.30. The van der Waals surface area contributed by atoms with Crippen molar-refractivity contribution in [3.63, 3.8) is 0 Å². The van der Waals surface area contributed by atoms with Crippen LogP contribution in [0.1, 0.15) is 47.9 Å². The van der Waals surface area contributed by atoms with Gasteiger partial charge in [-0.05, 0) is 44.2 Å². The van der Waals surface area contributed by atoms with Crippen molar-refractivity contribution in [2.45, 2.75) is 31.7 Å². The van der Waals surface area contributed by atoms with Crippen molar-refractivity contribution in [2.24, 2.45) is 0 Å². The summed E-state index contributed by atoms with van der Waals surface area (Å²) >= 11 is 1.80.